The van der Waals surface area contributed by atoms with Crippen LogP contribution in [0.5, 0.6) is 0 Å². The van der Waals surface area contributed by atoms with E-state index in [1.54, 1.807) is 0 Å². The van der Waals surface area contributed by atoms with Gasteiger partial charge in [-0.15, -0.1) is 10.2 Å². The van der Waals surface area contributed by atoms with E-state index in [9.17, 15) is 4.79 Å². The Hall–Kier alpha value is -3.21. The summed E-state index contributed by atoms with van der Waals surface area (Å²) < 4.78 is 0. The van der Waals surface area contributed by atoms with Gasteiger partial charge in [-0.3, -0.25) is 4.79 Å². The van der Waals surface area contributed by atoms with Crippen LogP contribution in [0, 0.1) is 5.92 Å². The van der Waals surface area contributed by atoms with Gasteiger partial charge in [0, 0.05) is 29.9 Å². The molecule has 3 aromatic rings. The minimum Gasteiger partial charge on any atom is -0.355 e. The normalized spacial score (nSPS) is 14.9. The van der Waals surface area contributed by atoms with Gasteiger partial charge in [-0.2, -0.15) is 0 Å². The molecule has 0 unspecified atom stereocenters. The number of piperidine rings is 1. The van der Waals surface area contributed by atoms with Gasteiger partial charge in [0.25, 0.3) is 5.91 Å². The van der Waals surface area contributed by atoms with E-state index in [1.807, 2.05) is 54.6 Å². The molecule has 5 heteroatoms. The highest BCUT2D eigenvalue weighted by Gasteiger charge is 2.17. The van der Waals surface area contributed by atoms with Crippen molar-refractivity contribution in [1.82, 2.24) is 10.2 Å². The van der Waals surface area contributed by atoms with Crippen LogP contribution in [0.25, 0.3) is 11.3 Å². The summed E-state index contributed by atoms with van der Waals surface area (Å²) in [7, 11) is 0. The molecule has 5 nitrogen and oxygen atoms in total. The number of rotatable bonds is 4. The van der Waals surface area contributed by atoms with Crippen LogP contribution in [-0.2, 0) is 5.41 Å². The summed E-state index contributed by atoms with van der Waals surface area (Å²) in [4.78, 5) is 14.9. The number of carbonyl (C=O) groups excluding carboxylic acids is 1. The van der Waals surface area contributed by atoms with Crippen molar-refractivity contribution in [2.24, 2.45) is 5.92 Å². The highest BCUT2D eigenvalue weighted by molar-refractivity contribution is 6.04. The summed E-state index contributed by atoms with van der Waals surface area (Å²) in [5, 5.41) is 11.8. The third-order valence-electron chi connectivity index (χ3n) is 6.21. The molecule has 1 aromatic heterocycles. The van der Waals surface area contributed by atoms with Crippen molar-refractivity contribution in [1.29, 1.82) is 0 Å². The van der Waals surface area contributed by atoms with E-state index in [4.69, 9.17) is 0 Å². The van der Waals surface area contributed by atoms with E-state index in [0.29, 0.717) is 5.56 Å². The van der Waals surface area contributed by atoms with Crippen LogP contribution >= 0.6 is 0 Å². The molecule has 1 aliphatic heterocycles. The summed E-state index contributed by atoms with van der Waals surface area (Å²) >= 11 is 0. The zero-order valence-corrected chi connectivity index (χ0v) is 19.4. The van der Waals surface area contributed by atoms with Gasteiger partial charge >= 0.3 is 0 Å². The first-order valence-corrected chi connectivity index (χ1v) is 11.4. The molecule has 0 atom stereocenters. The van der Waals surface area contributed by atoms with Crippen molar-refractivity contribution >= 4 is 17.4 Å². The Balaban J connectivity index is 1.39. The molecule has 1 aliphatic rings. The number of amides is 1. The van der Waals surface area contributed by atoms with Crippen LogP contribution in [0.15, 0.2) is 60.7 Å². The third kappa shape index (κ3) is 5.16. The number of aromatic nitrogens is 2. The summed E-state index contributed by atoms with van der Waals surface area (Å²) in [5.74, 6) is 1.63. The molecule has 2 aromatic carbocycles. The van der Waals surface area contributed by atoms with Crippen LogP contribution in [0.3, 0.4) is 0 Å². The van der Waals surface area contributed by atoms with Gasteiger partial charge in [-0.25, -0.2) is 0 Å². The number of benzene rings is 2. The first-order valence-electron chi connectivity index (χ1n) is 11.4. The molecular weight excluding hydrogens is 396 g/mol. The molecule has 2 heterocycles. The average molecular weight is 429 g/mol. The topological polar surface area (TPSA) is 58.1 Å². The molecule has 4 rings (SSSR count). The second kappa shape index (κ2) is 9.11. The van der Waals surface area contributed by atoms with Crippen molar-refractivity contribution in [2.75, 3.05) is 23.3 Å². The fourth-order valence-electron chi connectivity index (χ4n) is 3.93. The van der Waals surface area contributed by atoms with Gasteiger partial charge in [-0.1, -0.05) is 52.0 Å². The predicted octanol–water partition coefficient (Wildman–Crippen LogP) is 5.93. The van der Waals surface area contributed by atoms with Gasteiger partial charge < -0.3 is 10.2 Å². The zero-order chi connectivity index (χ0) is 22.7. The quantitative estimate of drug-likeness (QED) is 0.559. The van der Waals surface area contributed by atoms with Crippen LogP contribution in [0.2, 0.25) is 0 Å². The van der Waals surface area contributed by atoms with E-state index >= 15 is 0 Å². The highest BCUT2D eigenvalue weighted by atomic mass is 16.1. The van der Waals surface area contributed by atoms with E-state index in [-0.39, 0.29) is 11.3 Å². The van der Waals surface area contributed by atoms with Gasteiger partial charge in [0.05, 0.1) is 5.69 Å². The SMILES string of the molecule is CC1CCN(c2ccc(-c3ccc(NC(=O)c4ccc(C(C)(C)C)cc4)cc3)nn2)CC1. The van der Waals surface area contributed by atoms with E-state index in [0.717, 1.165) is 41.8 Å². The van der Waals surface area contributed by atoms with Crippen molar-refractivity contribution in [3.8, 4) is 11.3 Å². The summed E-state index contributed by atoms with van der Waals surface area (Å²) in [6.07, 6.45) is 2.41. The van der Waals surface area contributed by atoms with Crippen molar-refractivity contribution in [3.05, 3.63) is 71.8 Å². The Morgan fingerprint density at radius 2 is 1.56 bits per heavy atom. The fraction of sp³-hybridized carbons (Fsp3) is 0.370. The number of hydrogen-bond donors (Lipinski definition) is 1. The standard InChI is InChI=1S/C27H32N4O/c1-19-15-17-31(18-16-19)25-14-13-24(29-30-25)20-7-11-23(12-8-20)28-26(32)21-5-9-22(10-6-21)27(2,3)4/h5-14,19H,15-18H2,1-4H3,(H,28,32). The monoisotopic (exact) mass is 428 g/mol. The van der Waals surface area contributed by atoms with Crippen LogP contribution in [0.1, 0.15) is 56.5 Å². The molecule has 0 bridgehead atoms. The van der Waals surface area contributed by atoms with Gasteiger partial charge in [0.1, 0.15) is 0 Å². The Labute approximate surface area is 190 Å². The van der Waals surface area contributed by atoms with Crippen molar-refractivity contribution < 1.29 is 4.79 Å². The summed E-state index contributed by atoms with van der Waals surface area (Å²) in [6, 6.07) is 19.6. The lowest BCUT2D eigenvalue weighted by Gasteiger charge is -2.30. The maximum atomic E-state index is 12.6. The molecule has 0 saturated carbocycles. The molecule has 0 radical (unpaired) electrons. The molecule has 166 valence electrons. The Morgan fingerprint density at radius 1 is 0.906 bits per heavy atom. The molecule has 1 N–H and O–H groups in total. The zero-order valence-electron chi connectivity index (χ0n) is 19.4. The Bertz CT molecular complexity index is 1040. The molecular formula is C27H32N4O. The molecule has 0 aliphatic carbocycles. The number of nitrogens with one attached hydrogen (secondary N) is 1. The number of nitrogens with zero attached hydrogens (tertiary/aromatic N) is 3. The van der Waals surface area contributed by atoms with Crippen LogP contribution in [-0.4, -0.2) is 29.2 Å². The van der Waals surface area contributed by atoms with Crippen LogP contribution < -0.4 is 10.2 Å². The minimum atomic E-state index is -0.113. The van der Waals surface area contributed by atoms with Crippen LogP contribution in [0.4, 0.5) is 11.5 Å². The Kier molecular flexibility index (Phi) is 6.26. The lowest BCUT2D eigenvalue weighted by atomic mass is 9.87. The molecule has 1 fully saturated rings. The van der Waals surface area contributed by atoms with Gasteiger partial charge in [-0.05, 0) is 66.1 Å². The van der Waals surface area contributed by atoms with Gasteiger partial charge in [0.15, 0.2) is 5.82 Å². The third-order valence-corrected chi connectivity index (χ3v) is 6.21. The smallest absolute Gasteiger partial charge is 0.255 e. The molecule has 0 spiro atoms. The molecule has 1 amide bonds. The first kappa shape index (κ1) is 22.0. The van der Waals surface area contributed by atoms with E-state index in [2.05, 4.69) is 54.2 Å². The maximum Gasteiger partial charge on any atom is 0.255 e. The second-order valence-electron chi connectivity index (χ2n) is 9.81. The highest BCUT2D eigenvalue weighted by Crippen LogP contribution is 2.25. The maximum absolute atomic E-state index is 12.6. The average Bonchev–Trinajstić information content (AvgIpc) is 2.80. The summed E-state index contributed by atoms with van der Waals surface area (Å²) in [5.41, 5.74) is 4.48. The van der Waals surface area contributed by atoms with Gasteiger partial charge in [0.2, 0.25) is 0 Å². The molecule has 32 heavy (non-hydrogen) atoms. The minimum absolute atomic E-state index is 0.0677. The second-order valence-corrected chi connectivity index (χ2v) is 9.81. The Morgan fingerprint density at radius 3 is 2.12 bits per heavy atom. The summed E-state index contributed by atoms with van der Waals surface area (Å²) in [6.45, 7) is 10.9. The lowest BCUT2D eigenvalue weighted by Crippen LogP contribution is -2.33. The number of carbonyl (C=O) groups is 1. The first-order chi connectivity index (χ1) is 15.3. The predicted molar refractivity (Wildman–Crippen MR) is 131 cm³/mol. The number of hydrogen-bond acceptors (Lipinski definition) is 4. The lowest BCUT2D eigenvalue weighted by molar-refractivity contribution is 0.102. The van der Waals surface area contributed by atoms with Crippen molar-refractivity contribution in [2.45, 2.75) is 46.0 Å². The van der Waals surface area contributed by atoms with Crippen molar-refractivity contribution in [3.63, 3.8) is 0 Å². The fourth-order valence-corrected chi connectivity index (χ4v) is 3.93. The largest absolute Gasteiger partial charge is 0.355 e. The molecule has 1 saturated heterocycles. The van der Waals surface area contributed by atoms with E-state index < -0.39 is 0 Å². The number of anilines is 2. The van der Waals surface area contributed by atoms with E-state index in [1.165, 1.54) is 18.4 Å².